The number of carbonyl (C=O) groups is 1. The third-order valence-electron chi connectivity index (χ3n) is 5.13. The van der Waals surface area contributed by atoms with Gasteiger partial charge in [0.25, 0.3) is 0 Å². The van der Waals surface area contributed by atoms with Gasteiger partial charge < -0.3 is 15.0 Å². The summed E-state index contributed by atoms with van der Waals surface area (Å²) in [5.74, 6) is 0. The van der Waals surface area contributed by atoms with Crippen LogP contribution in [-0.2, 0) is 24.4 Å². The number of carbonyl (C=O) groups excluding carboxylic acids is 1. The molecule has 0 spiro atoms. The van der Waals surface area contributed by atoms with E-state index < -0.39 is 0 Å². The Morgan fingerprint density at radius 1 is 1.15 bits per heavy atom. The average Bonchev–Trinajstić information content (AvgIpc) is 3.41. The van der Waals surface area contributed by atoms with E-state index in [9.17, 15) is 4.79 Å². The van der Waals surface area contributed by atoms with Crippen LogP contribution in [-0.4, -0.2) is 48.2 Å². The van der Waals surface area contributed by atoms with Crippen molar-refractivity contribution >= 4 is 17.4 Å². The highest BCUT2D eigenvalue weighted by Crippen LogP contribution is 2.29. The molecule has 5 nitrogen and oxygen atoms in total. The monoisotopic (exact) mass is 385 g/mol. The molecule has 2 aromatic rings. The van der Waals surface area contributed by atoms with Crippen LogP contribution in [0.3, 0.4) is 0 Å². The summed E-state index contributed by atoms with van der Waals surface area (Å²) >= 11 is 1.71. The fourth-order valence-electron chi connectivity index (χ4n) is 3.38. The Balaban J connectivity index is 1.27. The highest BCUT2D eigenvalue weighted by molar-refractivity contribution is 7.09. The Hall–Kier alpha value is -1.89. The van der Waals surface area contributed by atoms with Crippen LogP contribution >= 0.6 is 11.3 Å². The lowest BCUT2D eigenvalue weighted by molar-refractivity contribution is 0.0342. The second-order valence-corrected chi connectivity index (χ2v) is 8.33. The summed E-state index contributed by atoms with van der Waals surface area (Å²) in [6, 6.07) is 13.2. The fraction of sp³-hybridized carbons (Fsp3) is 0.476. The number of benzene rings is 1. The highest BCUT2D eigenvalue weighted by Gasteiger charge is 2.32. The lowest BCUT2D eigenvalue weighted by atomic mass is 10.1. The van der Waals surface area contributed by atoms with Crippen molar-refractivity contribution in [1.82, 2.24) is 15.1 Å². The number of amides is 2. The summed E-state index contributed by atoms with van der Waals surface area (Å²) in [7, 11) is 0. The van der Waals surface area contributed by atoms with Crippen LogP contribution in [0.4, 0.5) is 4.79 Å². The largest absolute Gasteiger partial charge is 0.379 e. The van der Waals surface area contributed by atoms with E-state index in [2.05, 4.69) is 45.9 Å². The standard InChI is InChI=1S/C21H27N3O2S/c25-21(24(19-7-8-19)16-20-2-1-13-27-20)22-14-17-3-5-18(6-4-17)15-23-9-11-26-12-10-23/h1-6,13,19H,7-12,14-16H2,(H,22,25). The second kappa shape index (κ2) is 8.87. The van der Waals surface area contributed by atoms with Gasteiger partial charge in [-0.05, 0) is 35.4 Å². The molecule has 1 saturated heterocycles. The molecule has 1 N–H and O–H groups in total. The molecule has 1 aliphatic heterocycles. The van der Waals surface area contributed by atoms with E-state index in [-0.39, 0.29) is 6.03 Å². The van der Waals surface area contributed by atoms with Gasteiger partial charge in [0.05, 0.1) is 19.8 Å². The van der Waals surface area contributed by atoms with Crippen molar-refractivity contribution in [3.05, 3.63) is 57.8 Å². The minimum Gasteiger partial charge on any atom is -0.379 e. The average molecular weight is 386 g/mol. The smallest absolute Gasteiger partial charge is 0.318 e. The molecule has 1 aliphatic carbocycles. The van der Waals surface area contributed by atoms with Crippen LogP contribution in [0.25, 0.3) is 0 Å². The first kappa shape index (κ1) is 18.5. The SMILES string of the molecule is O=C(NCc1ccc(CN2CCOCC2)cc1)N(Cc1cccs1)C1CC1. The Kier molecular flexibility index (Phi) is 6.07. The quantitative estimate of drug-likeness (QED) is 0.794. The van der Waals surface area contributed by atoms with Crippen molar-refractivity contribution in [2.75, 3.05) is 26.3 Å². The zero-order valence-corrected chi connectivity index (χ0v) is 16.4. The van der Waals surface area contributed by atoms with E-state index in [0.29, 0.717) is 19.1 Å². The number of thiophene rings is 1. The molecule has 6 heteroatoms. The zero-order valence-electron chi connectivity index (χ0n) is 15.6. The molecular weight excluding hydrogens is 358 g/mol. The number of ether oxygens (including phenoxy) is 1. The van der Waals surface area contributed by atoms with Crippen molar-refractivity contribution in [2.24, 2.45) is 0 Å². The Bertz CT molecular complexity index is 722. The van der Waals surface area contributed by atoms with Crippen LogP contribution in [0, 0.1) is 0 Å². The van der Waals surface area contributed by atoms with Gasteiger partial charge in [-0.25, -0.2) is 4.79 Å². The van der Waals surface area contributed by atoms with Crippen LogP contribution in [0.15, 0.2) is 41.8 Å². The van der Waals surface area contributed by atoms with Crippen LogP contribution in [0.1, 0.15) is 28.8 Å². The van der Waals surface area contributed by atoms with Crippen LogP contribution in [0.2, 0.25) is 0 Å². The summed E-state index contributed by atoms with van der Waals surface area (Å²) in [5.41, 5.74) is 2.45. The molecule has 2 amide bonds. The summed E-state index contributed by atoms with van der Waals surface area (Å²) in [4.78, 5) is 18.3. The number of morpholine rings is 1. The van der Waals surface area contributed by atoms with Crippen LogP contribution in [0.5, 0.6) is 0 Å². The Labute approximate surface area is 164 Å². The predicted octanol–water partition coefficient (Wildman–Crippen LogP) is 3.45. The first-order valence-corrected chi connectivity index (χ1v) is 10.6. The fourth-order valence-corrected chi connectivity index (χ4v) is 4.09. The maximum absolute atomic E-state index is 12.7. The van der Waals surface area contributed by atoms with Gasteiger partial charge in [-0.15, -0.1) is 11.3 Å². The third kappa shape index (κ3) is 5.31. The molecule has 4 rings (SSSR count). The van der Waals surface area contributed by atoms with E-state index in [0.717, 1.165) is 51.3 Å². The third-order valence-corrected chi connectivity index (χ3v) is 5.99. The summed E-state index contributed by atoms with van der Waals surface area (Å²) in [6.07, 6.45) is 2.24. The lowest BCUT2D eigenvalue weighted by Gasteiger charge is -2.26. The van der Waals surface area contributed by atoms with Crippen molar-refractivity contribution in [1.29, 1.82) is 0 Å². The van der Waals surface area contributed by atoms with Crippen LogP contribution < -0.4 is 5.32 Å². The van der Waals surface area contributed by atoms with Gasteiger partial charge in [-0.1, -0.05) is 30.3 Å². The number of rotatable bonds is 7. The normalized spacial score (nSPS) is 17.6. The summed E-state index contributed by atoms with van der Waals surface area (Å²) in [5, 5.41) is 5.16. The van der Waals surface area contributed by atoms with E-state index in [1.807, 2.05) is 11.0 Å². The molecule has 27 heavy (non-hydrogen) atoms. The zero-order chi connectivity index (χ0) is 18.5. The summed E-state index contributed by atoms with van der Waals surface area (Å²) in [6.45, 7) is 5.90. The molecule has 2 fully saturated rings. The van der Waals surface area contributed by atoms with Crippen molar-refractivity contribution in [2.45, 2.75) is 38.5 Å². The number of hydrogen-bond donors (Lipinski definition) is 1. The van der Waals surface area contributed by atoms with Crippen molar-refractivity contribution in [3.63, 3.8) is 0 Å². The molecule has 1 aromatic heterocycles. The topological polar surface area (TPSA) is 44.8 Å². The number of urea groups is 1. The Morgan fingerprint density at radius 3 is 2.56 bits per heavy atom. The van der Waals surface area contributed by atoms with Crippen molar-refractivity contribution in [3.8, 4) is 0 Å². The Morgan fingerprint density at radius 2 is 1.89 bits per heavy atom. The number of nitrogens with one attached hydrogen (secondary N) is 1. The van der Waals surface area contributed by atoms with Gasteiger partial charge in [0.1, 0.15) is 0 Å². The molecule has 0 bridgehead atoms. The molecule has 0 unspecified atom stereocenters. The molecule has 0 radical (unpaired) electrons. The minimum absolute atomic E-state index is 0.0447. The maximum atomic E-state index is 12.7. The lowest BCUT2D eigenvalue weighted by Crippen LogP contribution is -2.40. The van der Waals surface area contributed by atoms with E-state index in [1.165, 1.54) is 10.4 Å². The highest BCUT2D eigenvalue weighted by atomic mass is 32.1. The first-order chi connectivity index (χ1) is 13.3. The molecule has 0 atom stereocenters. The molecular formula is C21H27N3O2S. The van der Waals surface area contributed by atoms with Gasteiger partial charge in [-0.3, -0.25) is 4.90 Å². The molecule has 1 saturated carbocycles. The molecule has 144 valence electrons. The van der Waals surface area contributed by atoms with Gasteiger partial charge in [0.2, 0.25) is 0 Å². The number of nitrogens with zero attached hydrogens (tertiary/aromatic N) is 2. The molecule has 2 aliphatic rings. The van der Waals surface area contributed by atoms with Gasteiger partial charge in [0, 0.05) is 37.1 Å². The number of hydrogen-bond acceptors (Lipinski definition) is 4. The molecule has 2 heterocycles. The minimum atomic E-state index is 0.0447. The van der Waals surface area contributed by atoms with Gasteiger partial charge in [0.15, 0.2) is 0 Å². The maximum Gasteiger partial charge on any atom is 0.318 e. The van der Waals surface area contributed by atoms with Gasteiger partial charge >= 0.3 is 6.03 Å². The first-order valence-electron chi connectivity index (χ1n) is 9.73. The summed E-state index contributed by atoms with van der Waals surface area (Å²) < 4.78 is 5.40. The van der Waals surface area contributed by atoms with E-state index >= 15 is 0 Å². The molecule has 1 aromatic carbocycles. The van der Waals surface area contributed by atoms with Gasteiger partial charge in [-0.2, -0.15) is 0 Å². The predicted molar refractivity (Wildman–Crippen MR) is 108 cm³/mol. The van der Waals surface area contributed by atoms with E-state index in [4.69, 9.17) is 4.74 Å². The second-order valence-electron chi connectivity index (χ2n) is 7.30. The van der Waals surface area contributed by atoms with Crippen molar-refractivity contribution < 1.29 is 9.53 Å². The van der Waals surface area contributed by atoms with E-state index in [1.54, 1.807) is 11.3 Å².